The molecule has 1 spiro atoms. The molecule has 1 unspecified atom stereocenters. The predicted octanol–water partition coefficient (Wildman–Crippen LogP) is 5.58. The minimum Gasteiger partial charge on any atom is -0.356 e. The third kappa shape index (κ3) is 3.40. The lowest BCUT2D eigenvalue weighted by Gasteiger charge is -2.46. The van der Waals surface area contributed by atoms with Crippen molar-refractivity contribution < 1.29 is 9.59 Å². The monoisotopic (exact) mass is 542 g/mol. The van der Waals surface area contributed by atoms with Gasteiger partial charge in [0.25, 0.3) is 0 Å². The molecule has 8 heteroatoms. The molecule has 1 N–H and O–H groups in total. The maximum Gasteiger partial charge on any atom is 0.197 e. The van der Waals surface area contributed by atoms with Crippen LogP contribution in [0.3, 0.4) is 0 Å². The molecule has 3 heterocycles. The van der Waals surface area contributed by atoms with Crippen molar-refractivity contribution in [2.45, 2.75) is 56.1 Å². The van der Waals surface area contributed by atoms with Crippen LogP contribution in [0.1, 0.15) is 87.5 Å². The van der Waals surface area contributed by atoms with Crippen LogP contribution in [0.15, 0.2) is 78.9 Å². The molecule has 8 nitrogen and oxygen atoms in total. The third-order valence-electron chi connectivity index (χ3n) is 9.39. The summed E-state index contributed by atoms with van der Waals surface area (Å²) in [6, 6.07) is 25.1. The van der Waals surface area contributed by atoms with Gasteiger partial charge in [0.15, 0.2) is 22.9 Å². The predicted molar refractivity (Wildman–Crippen MR) is 154 cm³/mol. The first-order valence-electron chi connectivity index (χ1n) is 14.6. The quantitative estimate of drug-likeness (QED) is 0.298. The lowest BCUT2D eigenvalue weighted by molar-refractivity contribution is 0.0314. The number of carbonyl (C=O) groups excluding carboxylic acids is 2. The lowest BCUT2D eigenvalue weighted by Crippen LogP contribution is -2.59. The number of fused-ring (bicyclic) bond motifs is 5. The molecule has 2 aromatic heterocycles. The summed E-state index contributed by atoms with van der Waals surface area (Å²) < 4.78 is 1.97. The van der Waals surface area contributed by atoms with Crippen molar-refractivity contribution in [2.75, 3.05) is 6.54 Å². The number of carbonyl (C=O) groups is 2. The van der Waals surface area contributed by atoms with Gasteiger partial charge in [0.2, 0.25) is 0 Å². The summed E-state index contributed by atoms with van der Waals surface area (Å²) >= 11 is 0. The second kappa shape index (κ2) is 9.31. The van der Waals surface area contributed by atoms with Crippen LogP contribution in [-0.4, -0.2) is 48.2 Å². The van der Waals surface area contributed by atoms with Crippen LogP contribution in [0.5, 0.6) is 0 Å². The second-order valence-electron chi connectivity index (χ2n) is 11.5. The van der Waals surface area contributed by atoms with Crippen molar-refractivity contribution in [1.29, 1.82) is 0 Å². The number of nitrogens with one attached hydrogen (secondary N) is 1. The Labute approximate surface area is 237 Å². The van der Waals surface area contributed by atoms with Crippen molar-refractivity contribution in [3.05, 3.63) is 113 Å². The van der Waals surface area contributed by atoms with Crippen molar-refractivity contribution >= 4 is 22.5 Å². The maximum absolute atomic E-state index is 14.8. The average molecular weight is 543 g/mol. The number of benzene rings is 3. The zero-order chi connectivity index (χ0) is 27.6. The highest BCUT2D eigenvalue weighted by Gasteiger charge is 2.63. The first-order chi connectivity index (χ1) is 20.2. The molecular formula is C33H30N6O2. The fourth-order valence-electron chi connectivity index (χ4n) is 7.56. The first-order valence-corrected chi connectivity index (χ1v) is 14.6. The molecule has 1 fully saturated rings. The van der Waals surface area contributed by atoms with E-state index in [-0.39, 0.29) is 17.6 Å². The molecule has 3 aromatic carbocycles. The zero-order valence-corrected chi connectivity index (χ0v) is 22.7. The Bertz CT molecular complexity index is 1760. The molecule has 41 heavy (non-hydrogen) atoms. The number of aromatic nitrogens is 5. The van der Waals surface area contributed by atoms with Crippen LogP contribution in [0.4, 0.5) is 0 Å². The van der Waals surface area contributed by atoms with Crippen LogP contribution < -0.4 is 0 Å². The van der Waals surface area contributed by atoms with E-state index in [4.69, 9.17) is 0 Å². The Morgan fingerprint density at radius 1 is 0.829 bits per heavy atom. The molecule has 0 saturated heterocycles. The van der Waals surface area contributed by atoms with Gasteiger partial charge in [0.05, 0.1) is 17.8 Å². The van der Waals surface area contributed by atoms with Gasteiger partial charge >= 0.3 is 0 Å². The summed E-state index contributed by atoms with van der Waals surface area (Å²) in [5, 5.41) is 14.4. The smallest absolute Gasteiger partial charge is 0.197 e. The van der Waals surface area contributed by atoms with Crippen LogP contribution >= 0.6 is 0 Å². The molecule has 0 bridgehead atoms. The van der Waals surface area contributed by atoms with Crippen molar-refractivity contribution in [3.63, 3.8) is 0 Å². The minimum absolute atomic E-state index is 0.191. The van der Waals surface area contributed by atoms with Crippen LogP contribution in [-0.2, 0) is 12.0 Å². The van der Waals surface area contributed by atoms with E-state index < -0.39 is 11.6 Å². The summed E-state index contributed by atoms with van der Waals surface area (Å²) in [4.78, 5) is 35.2. The van der Waals surface area contributed by atoms with Gasteiger partial charge in [-0.15, -0.1) is 5.10 Å². The molecule has 204 valence electrons. The highest BCUT2D eigenvalue weighted by molar-refractivity contribution is 6.33. The number of H-pyrrole nitrogens is 1. The summed E-state index contributed by atoms with van der Waals surface area (Å²) in [6.45, 7) is 0.497. The summed E-state index contributed by atoms with van der Waals surface area (Å²) in [5.41, 5.74) is 2.97. The lowest BCUT2D eigenvalue weighted by atomic mass is 9.78. The standard InChI is InChI=1S/C33H30N6O2/c40-30-25-16-7-8-17-26(25)31(41)33(30)29-24(23-15-9-10-18-27(23)34-29)19-20-38(33)28(21-11-3-1-4-12-21)32-35-36-37-39(32)22-13-5-2-6-14-22/h1,3-4,7-12,15-18,22,28,34H,2,5-6,13-14,19-20H2. The van der Waals surface area contributed by atoms with Gasteiger partial charge in [-0.05, 0) is 46.9 Å². The van der Waals surface area contributed by atoms with Crippen molar-refractivity contribution in [3.8, 4) is 0 Å². The van der Waals surface area contributed by atoms with Crippen LogP contribution in [0.25, 0.3) is 10.9 Å². The Morgan fingerprint density at radius 3 is 2.27 bits per heavy atom. The van der Waals surface area contributed by atoms with Crippen molar-refractivity contribution in [1.82, 2.24) is 30.1 Å². The second-order valence-corrected chi connectivity index (χ2v) is 11.5. The molecule has 8 rings (SSSR count). The fraction of sp³-hybridized carbons (Fsp3) is 0.303. The molecule has 1 atom stereocenters. The molecule has 2 aliphatic carbocycles. The summed E-state index contributed by atoms with van der Waals surface area (Å²) in [6.07, 6.45) is 6.21. The number of ketones is 2. The van der Waals surface area contributed by atoms with Crippen LogP contribution in [0.2, 0.25) is 0 Å². The molecule has 5 aromatic rings. The number of para-hydroxylation sites is 1. The van der Waals surface area contributed by atoms with Gasteiger partial charge in [-0.2, -0.15) is 0 Å². The third-order valence-corrected chi connectivity index (χ3v) is 9.39. The Kier molecular flexibility index (Phi) is 5.53. The molecule has 3 aliphatic rings. The maximum atomic E-state index is 14.8. The molecule has 1 saturated carbocycles. The molecular weight excluding hydrogens is 512 g/mol. The van der Waals surface area contributed by atoms with E-state index in [9.17, 15) is 9.59 Å². The van der Waals surface area contributed by atoms with Gasteiger partial charge in [-0.25, -0.2) is 4.68 Å². The summed E-state index contributed by atoms with van der Waals surface area (Å²) in [7, 11) is 0. The molecule has 1 aliphatic heterocycles. The van der Waals surface area contributed by atoms with Gasteiger partial charge in [0, 0.05) is 28.6 Å². The number of tetrazole rings is 1. The number of rotatable bonds is 4. The highest BCUT2D eigenvalue weighted by atomic mass is 16.2. The van der Waals surface area contributed by atoms with Gasteiger partial charge in [-0.3, -0.25) is 14.5 Å². The number of hydrogen-bond donors (Lipinski definition) is 1. The van der Waals surface area contributed by atoms with Gasteiger partial charge < -0.3 is 4.98 Å². The van der Waals surface area contributed by atoms with Gasteiger partial charge in [0.1, 0.15) is 0 Å². The number of Topliss-reactive ketones (excluding diaryl/α,β-unsaturated/α-hetero) is 2. The van der Waals surface area contributed by atoms with Gasteiger partial charge in [-0.1, -0.05) is 92.1 Å². The van der Waals surface area contributed by atoms with E-state index in [0.717, 1.165) is 47.7 Å². The SMILES string of the molecule is O=C1c2ccccc2C(=O)C12c1[nH]c3ccccc3c1CCN2C(c1ccccc1)c1nnnn1C1CCCCC1. The minimum atomic E-state index is -1.56. The van der Waals surface area contributed by atoms with E-state index in [1.807, 2.05) is 53.2 Å². The number of hydrogen-bond acceptors (Lipinski definition) is 6. The fourth-order valence-corrected chi connectivity index (χ4v) is 7.56. The molecule has 0 amide bonds. The number of aromatic amines is 1. The van der Waals surface area contributed by atoms with E-state index >= 15 is 0 Å². The Balaban J connectivity index is 1.40. The summed E-state index contributed by atoms with van der Waals surface area (Å²) in [5.74, 6) is 0.296. The highest BCUT2D eigenvalue weighted by Crippen LogP contribution is 2.51. The van der Waals surface area contributed by atoms with E-state index in [2.05, 4.69) is 43.6 Å². The number of nitrogens with zero attached hydrogens (tertiary/aromatic N) is 5. The largest absolute Gasteiger partial charge is 0.356 e. The topological polar surface area (TPSA) is 96.8 Å². The zero-order valence-electron chi connectivity index (χ0n) is 22.7. The van der Waals surface area contributed by atoms with E-state index in [0.29, 0.717) is 35.6 Å². The average Bonchev–Trinajstić information content (AvgIpc) is 3.72. The Hall–Kier alpha value is -4.43. The molecule has 0 radical (unpaired) electrons. The van der Waals surface area contributed by atoms with Crippen LogP contribution in [0, 0.1) is 0 Å². The van der Waals surface area contributed by atoms with Crippen molar-refractivity contribution in [2.24, 2.45) is 0 Å². The van der Waals surface area contributed by atoms with E-state index in [1.165, 1.54) is 6.42 Å². The Morgan fingerprint density at radius 2 is 1.51 bits per heavy atom. The normalized spacial score (nSPS) is 19.5. The first kappa shape index (κ1) is 24.4. The van der Waals surface area contributed by atoms with E-state index in [1.54, 1.807) is 12.1 Å².